The minimum absolute atomic E-state index is 0.103. The molecule has 1 aromatic rings. The van der Waals surface area contributed by atoms with E-state index in [-0.39, 0.29) is 23.7 Å². The third-order valence-electron chi connectivity index (χ3n) is 3.87. The summed E-state index contributed by atoms with van der Waals surface area (Å²) in [6.45, 7) is 6.17. The van der Waals surface area contributed by atoms with Crippen LogP contribution in [0.1, 0.15) is 32.6 Å². The molecule has 0 radical (unpaired) electrons. The number of ketones is 1. The summed E-state index contributed by atoms with van der Waals surface area (Å²) in [7, 11) is 1.63. The van der Waals surface area contributed by atoms with Crippen molar-refractivity contribution in [2.45, 2.75) is 33.2 Å². The predicted octanol–water partition coefficient (Wildman–Crippen LogP) is 2.97. The van der Waals surface area contributed by atoms with Crippen LogP contribution in [0, 0.1) is 11.8 Å². The smallest absolute Gasteiger partial charge is 0.184 e. The number of Topliss-reactive ketones (excluding diaryl/α,β-unsaturated/α-hetero) is 1. The molecule has 0 unspecified atom stereocenters. The largest absolute Gasteiger partial charge is 0.497 e. The number of methoxy groups -OCH3 is 1. The van der Waals surface area contributed by atoms with Crippen LogP contribution >= 0.6 is 0 Å². The summed E-state index contributed by atoms with van der Waals surface area (Å²) < 4.78 is 16.9. The predicted molar refractivity (Wildman–Crippen MR) is 75.6 cm³/mol. The van der Waals surface area contributed by atoms with Gasteiger partial charge in [0.25, 0.3) is 0 Å². The maximum Gasteiger partial charge on any atom is 0.184 e. The highest BCUT2D eigenvalue weighted by Crippen LogP contribution is 2.33. The van der Waals surface area contributed by atoms with Crippen molar-refractivity contribution in [3.8, 4) is 5.75 Å². The first-order chi connectivity index (χ1) is 9.52. The number of benzene rings is 1. The van der Waals surface area contributed by atoms with E-state index in [9.17, 15) is 4.79 Å². The van der Waals surface area contributed by atoms with Gasteiger partial charge in [-0.05, 0) is 19.1 Å². The maximum absolute atomic E-state index is 11.6. The molecule has 0 saturated carbocycles. The lowest BCUT2D eigenvalue weighted by atomic mass is 9.90. The number of hydrogen-bond donors (Lipinski definition) is 0. The van der Waals surface area contributed by atoms with Crippen LogP contribution in [-0.2, 0) is 14.3 Å². The van der Waals surface area contributed by atoms with E-state index in [1.165, 1.54) is 0 Å². The van der Waals surface area contributed by atoms with Gasteiger partial charge in [0.15, 0.2) is 6.29 Å². The monoisotopic (exact) mass is 278 g/mol. The van der Waals surface area contributed by atoms with Crippen molar-refractivity contribution >= 4 is 5.78 Å². The molecule has 1 aliphatic rings. The zero-order valence-corrected chi connectivity index (χ0v) is 12.5. The Bertz CT molecular complexity index is 454. The average molecular weight is 278 g/mol. The van der Waals surface area contributed by atoms with Crippen molar-refractivity contribution in [1.82, 2.24) is 0 Å². The van der Waals surface area contributed by atoms with Crippen molar-refractivity contribution < 1.29 is 19.0 Å². The van der Waals surface area contributed by atoms with Crippen molar-refractivity contribution in [2.24, 2.45) is 11.8 Å². The molecule has 110 valence electrons. The third kappa shape index (κ3) is 3.19. The summed E-state index contributed by atoms with van der Waals surface area (Å²) in [6.07, 6.45) is -0.516. The fourth-order valence-electron chi connectivity index (χ4n) is 2.43. The number of carbonyl (C=O) groups is 1. The molecular weight excluding hydrogens is 256 g/mol. The van der Waals surface area contributed by atoms with Crippen LogP contribution in [0.4, 0.5) is 0 Å². The Hall–Kier alpha value is -1.39. The second-order valence-electron chi connectivity index (χ2n) is 5.42. The molecule has 2 rings (SSSR count). The summed E-state index contributed by atoms with van der Waals surface area (Å²) in [4.78, 5) is 11.6. The lowest BCUT2D eigenvalue weighted by Gasteiger charge is -2.37. The summed E-state index contributed by atoms with van der Waals surface area (Å²) >= 11 is 0. The Balaban J connectivity index is 2.11. The minimum Gasteiger partial charge on any atom is -0.497 e. The highest BCUT2D eigenvalue weighted by atomic mass is 16.7. The fraction of sp³-hybridized carbons (Fsp3) is 0.562. The number of rotatable bonds is 4. The van der Waals surface area contributed by atoms with Crippen LogP contribution in [-0.4, -0.2) is 25.6 Å². The first-order valence-electron chi connectivity index (χ1n) is 6.94. The molecule has 20 heavy (non-hydrogen) atoms. The minimum atomic E-state index is -0.413. The summed E-state index contributed by atoms with van der Waals surface area (Å²) in [5.41, 5.74) is 0.943. The Morgan fingerprint density at radius 2 is 2.00 bits per heavy atom. The van der Waals surface area contributed by atoms with E-state index in [0.29, 0.717) is 6.61 Å². The SMILES string of the molecule is COc1ccc([C@H]2OC[C@H](C)[C@H]([C@H](C)C(C)=O)O2)cc1. The Labute approximate surface area is 120 Å². The second-order valence-corrected chi connectivity index (χ2v) is 5.42. The zero-order valence-electron chi connectivity index (χ0n) is 12.5. The number of hydrogen-bond acceptors (Lipinski definition) is 4. The van der Waals surface area contributed by atoms with Gasteiger partial charge in [-0.2, -0.15) is 0 Å². The molecule has 4 heteroatoms. The maximum atomic E-state index is 11.6. The molecule has 1 aromatic carbocycles. The van der Waals surface area contributed by atoms with Crippen LogP contribution in [0.5, 0.6) is 5.75 Å². The Morgan fingerprint density at radius 3 is 2.55 bits per heavy atom. The van der Waals surface area contributed by atoms with Crippen LogP contribution < -0.4 is 4.74 Å². The van der Waals surface area contributed by atoms with Gasteiger partial charge in [0.2, 0.25) is 0 Å². The van der Waals surface area contributed by atoms with Gasteiger partial charge in [0.1, 0.15) is 11.5 Å². The molecule has 1 heterocycles. The van der Waals surface area contributed by atoms with Crippen LogP contribution in [0.3, 0.4) is 0 Å². The fourth-order valence-corrected chi connectivity index (χ4v) is 2.43. The average Bonchev–Trinajstić information content (AvgIpc) is 2.47. The van der Waals surface area contributed by atoms with Crippen LogP contribution in [0.25, 0.3) is 0 Å². The lowest BCUT2D eigenvalue weighted by molar-refractivity contribution is -0.247. The molecular formula is C16H22O4. The highest BCUT2D eigenvalue weighted by Gasteiger charge is 2.35. The van der Waals surface area contributed by atoms with Crippen molar-refractivity contribution in [3.05, 3.63) is 29.8 Å². The third-order valence-corrected chi connectivity index (χ3v) is 3.87. The molecule has 4 nitrogen and oxygen atoms in total. The van der Waals surface area contributed by atoms with Gasteiger partial charge in [-0.3, -0.25) is 4.79 Å². The normalized spacial score (nSPS) is 27.9. The molecule has 1 saturated heterocycles. The van der Waals surface area contributed by atoms with Gasteiger partial charge in [-0.15, -0.1) is 0 Å². The van der Waals surface area contributed by atoms with Gasteiger partial charge in [0, 0.05) is 17.4 Å². The summed E-state index contributed by atoms with van der Waals surface area (Å²) in [5, 5.41) is 0. The molecule has 0 amide bonds. The number of carbonyl (C=O) groups excluding carboxylic acids is 1. The molecule has 0 aromatic heterocycles. The molecule has 0 spiro atoms. The van der Waals surface area contributed by atoms with Crippen LogP contribution in [0.2, 0.25) is 0 Å². The van der Waals surface area contributed by atoms with E-state index in [1.807, 2.05) is 38.1 Å². The molecule has 0 bridgehead atoms. The van der Waals surface area contributed by atoms with Crippen molar-refractivity contribution in [2.75, 3.05) is 13.7 Å². The van der Waals surface area contributed by atoms with E-state index in [1.54, 1.807) is 14.0 Å². The standard InChI is InChI=1S/C16H22O4/c1-10-9-19-16(20-15(10)11(2)12(3)17)13-5-7-14(18-4)8-6-13/h5-8,10-11,15-16H,9H2,1-4H3/t10-,11+,15+,16-/m0/s1. The molecule has 0 N–H and O–H groups in total. The quantitative estimate of drug-likeness (QED) is 0.849. The zero-order chi connectivity index (χ0) is 14.7. The van der Waals surface area contributed by atoms with Gasteiger partial charge in [-0.1, -0.05) is 26.0 Å². The van der Waals surface area contributed by atoms with E-state index in [0.717, 1.165) is 11.3 Å². The van der Waals surface area contributed by atoms with E-state index < -0.39 is 6.29 Å². The summed E-state index contributed by atoms with van der Waals surface area (Å²) in [5.74, 6) is 1.04. The van der Waals surface area contributed by atoms with Crippen molar-refractivity contribution in [3.63, 3.8) is 0 Å². The van der Waals surface area contributed by atoms with E-state index >= 15 is 0 Å². The van der Waals surface area contributed by atoms with Gasteiger partial charge < -0.3 is 14.2 Å². The van der Waals surface area contributed by atoms with Crippen LogP contribution in [0.15, 0.2) is 24.3 Å². The molecule has 1 fully saturated rings. The van der Waals surface area contributed by atoms with Gasteiger partial charge >= 0.3 is 0 Å². The van der Waals surface area contributed by atoms with Gasteiger partial charge in [-0.25, -0.2) is 0 Å². The topological polar surface area (TPSA) is 44.8 Å². The van der Waals surface area contributed by atoms with Crippen molar-refractivity contribution in [1.29, 1.82) is 0 Å². The van der Waals surface area contributed by atoms with E-state index in [4.69, 9.17) is 14.2 Å². The second kappa shape index (κ2) is 6.37. The number of ether oxygens (including phenoxy) is 3. The first-order valence-corrected chi connectivity index (χ1v) is 6.94. The lowest BCUT2D eigenvalue weighted by Crippen LogP contribution is -2.41. The Morgan fingerprint density at radius 1 is 1.35 bits per heavy atom. The first kappa shape index (κ1) is 15.0. The molecule has 1 aliphatic heterocycles. The van der Waals surface area contributed by atoms with E-state index in [2.05, 4.69) is 0 Å². The highest BCUT2D eigenvalue weighted by molar-refractivity contribution is 5.78. The molecule has 4 atom stereocenters. The van der Waals surface area contributed by atoms with Gasteiger partial charge in [0.05, 0.1) is 19.8 Å². The molecule has 0 aliphatic carbocycles. The summed E-state index contributed by atoms with van der Waals surface area (Å²) in [6, 6.07) is 7.61. The Kier molecular flexibility index (Phi) is 4.78.